The Kier molecular flexibility index (Phi) is 2.28. The van der Waals surface area contributed by atoms with E-state index in [1.54, 1.807) is 0 Å². The summed E-state index contributed by atoms with van der Waals surface area (Å²) in [5.74, 6) is 2.27. The maximum atomic E-state index is 4.67. The minimum atomic E-state index is 0.997. The molecule has 0 bridgehead atoms. The van der Waals surface area contributed by atoms with Crippen LogP contribution in [0.3, 0.4) is 0 Å². The average Bonchev–Trinajstić information content (AvgIpc) is 2.96. The molecule has 3 nitrogen and oxygen atoms in total. The lowest BCUT2D eigenvalue weighted by Crippen LogP contribution is -2.34. The standard InChI is InChI=1S/C12H19N3/c1-2-11-8-15-6-5-14(7-10-3-4-10)9-12(15)13-11/h8,10H,2-7,9H2,1H3. The summed E-state index contributed by atoms with van der Waals surface area (Å²) in [7, 11) is 0. The van der Waals surface area contributed by atoms with E-state index in [2.05, 4.69) is 27.6 Å². The van der Waals surface area contributed by atoms with Gasteiger partial charge in [0.25, 0.3) is 0 Å². The van der Waals surface area contributed by atoms with Crippen LogP contribution in [0.25, 0.3) is 0 Å². The van der Waals surface area contributed by atoms with Crippen molar-refractivity contribution in [1.82, 2.24) is 14.5 Å². The SMILES string of the molecule is CCc1cn2c(n1)CN(CC1CC1)CC2. The van der Waals surface area contributed by atoms with Crippen molar-refractivity contribution >= 4 is 0 Å². The third kappa shape index (κ3) is 1.93. The highest BCUT2D eigenvalue weighted by atomic mass is 15.2. The van der Waals surface area contributed by atoms with Gasteiger partial charge in [-0.1, -0.05) is 6.92 Å². The minimum absolute atomic E-state index is 0.997. The average molecular weight is 205 g/mol. The van der Waals surface area contributed by atoms with Crippen molar-refractivity contribution in [3.63, 3.8) is 0 Å². The number of hydrogen-bond acceptors (Lipinski definition) is 2. The van der Waals surface area contributed by atoms with Crippen molar-refractivity contribution in [2.75, 3.05) is 13.1 Å². The second-order valence-corrected chi connectivity index (χ2v) is 4.87. The maximum absolute atomic E-state index is 4.67. The molecule has 82 valence electrons. The largest absolute Gasteiger partial charge is 0.332 e. The summed E-state index contributed by atoms with van der Waals surface area (Å²) in [6.07, 6.45) is 6.18. The van der Waals surface area contributed by atoms with Crippen LogP contribution in [0.5, 0.6) is 0 Å². The first-order chi connectivity index (χ1) is 7.35. The first-order valence-electron chi connectivity index (χ1n) is 6.12. The first-order valence-corrected chi connectivity index (χ1v) is 6.12. The molecule has 0 unspecified atom stereocenters. The zero-order valence-corrected chi connectivity index (χ0v) is 9.45. The molecule has 0 atom stereocenters. The minimum Gasteiger partial charge on any atom is -0.332 e. The van der Waals surface area contributed by atoms with Gasteiger partial charge in [-0.15, -0.1) is 0 Å². The Labute approximate surface area is 91.1 Å². The smallest absolute Gasteiger partial charge is 0.123 e. The Hall–Kier alpha value is -0.830. The molecular formula is C12H19N3. The normalized spacial score (nSPS) is 21.7. The van der Waals surface area contributed by atoms with Gasteiger partial charge in [-0.05, 0) is 25.2 Å². The molecule has 0 N–H and O–H groups in total. The number of nitrogens with zero attached hydrogens (tertiary/aromatic N) is 3. The number of hydrogen-bond donors (Lipinski definition) is 0. The molecule has 3 rings (SSSR count). The summed E-state index contributed by atoms with van der Waals surface area (Å²) in [4.78, 5) is 7.24. The lowest BCUT2D eigenvalue weighted by atomic mass is 10.3. The van der Waals surface area contributed by atoms with E-state index >= 15 is 0 Å². The molecule has 1 aliphatic heterocycles. The van der Waals surface area contributed by atoms with Crippen LogP contribution in [0.15, 0.2) is 6.20 Å². The molecule has 1 fully saturated rings. The maximum Gasteiger partial charge on any atom is 0.123 e. The van der Waals surface area contributed by atoms with E-state index in [-0.39, 0.29) is 0 Å². The number of aromatic nitrogens is 2. The highest BCUT2D eigenvalue weighted by Crippen LogP contribution is 2.30. The van der Waals surface area contributed by atoms with Crippen LogP contribution in [-0.4, -0.2) is 27.5 Å². The predicted molar refractivity (Wildman–Crippen MR) is 59.6 cm³/mol. The van der Waals surface area contributed by atoms with Gasteiger partial charge in [0.1, 0.15) is 5.82 Å². The topological polar surface area (TPSA) is 21.1 Å². The summed E-state index contributed by atoms with van der Waals surface area (Å²) >= 11 is 0. The molecule has 15 heavy (non-hydrogen) atoms. The molecule has 0 radical (unpaired) electrons. The van der Waals surface area contributed by atoms with E-state index in [1.165, 1.54) is 37.4 Å². The van der Waals surface area contributed by atoms with Gasteiger partial charge in [-0.3, -0.25) is 4.90 Å². The Balaban J connectivity index is 1.70. The van der Waals surface area contributed by atoms with Crippen LogP contribution in [0.2, 0.25) is 0 Å². The first kappa shape index (κ1) is 9.40. The molecule has 3 heteroatoms. The van der Waals surface area contributed by atoms with Crippen molar-refractivity contribution in [1.29, 1.82) is 0 Å². The fourth-order valence-corrected chi connectivity index (χ4v) is 2.35. The molecule has 1 aliphatic carbocycles. The van der Waals surface area contributed by atoms with Crippen LogP contribution in [-0.2, 0) is 19.5 Å². The Morgan fingerprint density at radius 2 is 2.27 bits per heavy atom. The predicted octanol–water partition coefficient (Wildman–Crippen LogP) is 1.67. The van der Waals surface area contributed by atoms with Crippen LogP contribution in [0.4, 0.5) is 0 Å². The monoisotopic (exact) mass is 205 g/mol. The summed E-state index contributed by atoms with van der Waals surface area (Å²) < 4.78 is 2.34. The van der Waals surface area contributed by atoms with E-state index in [0.717, 1.165) is 25.4 Å². The van der Waals surface area contributed by atoms with E-state index in [1.807, 2.05) is 0 Å². The van der Waals surface area contributed by atoms with Crippen molar-refractivity contribution in [2.45, 2.75) is 39.3 Å². The lowest BCUT2D eigenvalue weighted by Gasteiger charge is -2.27. The van der Waals surface area contributed by atoms with Gasteiger partial charge in [-0.25, -0.2) is 4.98 Å². The van der Waals surface area contributed by atoms with Gasteiger partial charge in [0.2, 0.25) is 0 Å². The van der Waals surface area contributed by atoms with Crippen molar-refractivity contribution in [2.24, 2.45) is 5.92 Å². The van der Waals surface area contributed by atoms with Gasteiger partial charge in [0.05, 0.1) is 12.2 Å². The summed E-state index contributed by atoms with van der Waals surface area (Å²) in [5.41, 5.74) is 1.25. The van der Waals surface area contributed by atoms with Gasteiger partial charge < -0.3 is 4.57 Å². The van der Waals surface area contributed by atoms with Crippen molar-refractivity contribution in [3.05, 3.63) is 17.7 Å². The van der Waals surface area contributed by atoms with Crippen LogP contribution >= 0.6 is 0 Å². The molecule has 0 aromatic carbocycles. The Morgan fingerprint density at radius 1 is 1.40 bits per heavy atom. The summed E-state index contributed by atoms with van der Waals surface area (Å²) in [6.45, 7) is 6.89. The number of rotatable bonds is 3. The van der Waals surface area contributed by atoms with Crippen LogP contribution in [0.1, 0.15) is 31.3 Å². The van der Waals surface area contributed by atoms with E-state index in [9.17, 15) is 0 Å². The molecular weight excluding hydrogens is 186 g/mol. The van der Waals surface area contributed by atoms with Gasteiger partial charge in [-0.2, -0.15) is 0 Å². The van der Waals surface area contributed by atoms with E-state index in [0.29, 0.717) is 0 Å². The van der Waals surface area contributed by atoms with Crippen LogP contribution < -0.4 is 0 Å². The lowest BCUT2D eigenvalue weighted by molar-refractivity contribution is 0.209. The molecule has 1 aromatic rings. The molecule has 2 aliphatic rings. The second kappa shape index (κ2) is 3.63. The van der Waals surface area contributed by atoms with Crippen LogP contribution in [0, 0.1) is 5.92 Å². The summed E-state index contributed by atoms with van der Waals surface area (Å²) in [6, 6.07) is 0. The molecule has 2 heterocycles. The number of fused-ring (bicyclic) bond motifs is 1. The van der Waals surface area contributed by atoms with E-state index in [4.69, 9.17) is 0 Å². The molecule has 0 spiro atoms. The molecule has 1 saturated carbocycles. The third-order valence-corrected chi connectivity index (χ3v) is 3.51. The molecule has 0 saturated heterocycles. The number of aryl methyl sites for hydroxylation is 1. The molecule has 0 amide bonds. The highest BCUT2D eigenvalue weighted by molar-refractivity contribution is 5.06. The Morgan fingerprint density at radius 3 is 3.00 bits per heavy atom. The fourth-order valence-electron chi connectivity index (χ4n) is 2.35. The third-order valence-electron chi connectivity index (χ3n) is 3.51. The van der Waals surface area contributed by atoms with Crippen molar-refractivity contribution < 1.29 is 0 Å². The van der Waals surface area contributed by atoms with Crippen molar-refractivity contribution in [3.8, 4) is 0 Å². The number of imidazole rings is 1. The van der Waals surface area contributed by atoms with Gasteiger partial charge >= 0.3 is 0 Å². The quantitative estimate of drug-likeness (QED) is 0.748. The zero-order chi connectivity index (χ0) is 10.3. The Bertz CT molecular complexity index is 352. The second-order valence-electron chi connectivity index (χ2n) is 4.87. The molecule has 1 aromatic heterocycles. The summed E-state index contributed by atoms with van der Waals surface area (Å²) in [5, 5.41) is 0. The van der Waals surface area contributed by atoms with Gasteiger partial charge in [0.15, 0.2) is 0 Å². The van der Waals surface area contributed by atoms with E-state index < -0.39 is 0 Å². The zero-order valence-electron chi connectivity index (χ0n) is 9.45. The highest BCUT2D eigenvalue weighted by Gasteiger charge is 2.26. The fraction of sp³-hybridized carbons (Fsp3) is 0.750. The van der Waals surface area contributed by atoms with Gasteiger partial charge in [0, 0.05) is 25.8 Å².